The number of hydrogen-bond donors (Lipinski definition) is 2. The molecule has 0 aliphatic carbocycles. The van der Waals surface area contributed by atoms with Gasteiger partial charge < -0.3 is 14.8 Å². The predicted molar refractivity (Wildman–Crippen MR) is 97.0 cm³/mol. The summed E-state index contributed by atoms with van der Waals surface area (Å²) in [6, 6.07) is 16.8. The molecule has 0 atom stereocenters. The van der Waals surface area contributed by atoms with Crippen LogP contribution in [0.5, 0.6) is 11.5 Å². The van der Waals surface area contributed by atoms with Gasteiger partial charge >= 0.3 is 0 Å². The molecule has 0 aliphatic rings. The molecule has 0 radical (unpaired) electrons. The molecule has 7 nitrogen and oxygen atoms in total. The first-order valence-corrected chi connectivity index (χ1v) is 8.25. The highest BCUT2D eigenvalue weighted by molar-refractivity contribution is 5.77. The minimum Gasteiger partial charge on any atom is -0.497 e. The van der Waals surface area contributed by atoms with Gasteiger partial charge in [0, 0.05) is 18.5 Å². The molecule has 3 aromatic rings. The minimum atomic E-state index is -0.191. The van der Waals surface area contributed by atoms with E-state index in [0.29, 0.717) is 24.5 Å². The fraction of sp³-hybridized carbons (Fsp3) is 0.211. The van der Waals surface area contributed by atoms with E-state index in [1.807, 2.05) is 30.3 Å². The summed E-state index contributed by atoms with van der Waals surface area (Å²) in [5, 5.41) is 9.88. The van der Waals surface area contributed by atoms with Crippen molar-refractivity contribution < 1.29 is 14.3 Å². The van der Waals surface area contributed by atoms with E-state index < -0.39 is 0 Å². The van der Waals surface area contributed by atoms with Crippen LogP contribution >= 0.6 is 0 Å². The molecule has 0 bridgehead atoms. The van der Waals surface area contributed by atoms with Crippen molar-refractivity contribution in [2.75, 3.05) is 20.3 Å². The molecule has 2 aromatic carbocycles. The van der Waals surface area contributed by atoms with Crippen molar-refractivity contribution in [3.63, 3.8) is 0 Å². The maximum absolute atomic E-state index is 11.8. The summed E-state index contributed by atoms with van der Waals surface area (Å²) in [4.78, 5) is 16.3. The van der Waals surface area contributed by atoms with Crippen LogP contribution in [0.3, 0.4) is 0 Å². The number of carbonyl (C=O) groups is 1. The number of H-pyrrole nitrogens is 1. The molecule has 1 aromatic heterocycles. The van der Waals surface area contributed by atoms with Crippen molar-refractivity contribution in [2.24, 2.45) is 0 Å². The Labute approximate surface area is 151 Å². The van der Waals surface area contributed by atoms with Gasteiger partial charge in [0.1, 0.15) is 17.3 Å². The fourth-order valence-corrected chi connectivity index (χ4v) is 2.32. The highest BCUT2D eigenvalue weighted by atomic mass is 16.5. The maximum atomic E-state index is 11.8. The van der Waals surface area contributed by atoms with Gasteiger partial charge in [0.05, 0.1) is 7.11 Å². The number of amides is 1. The summed E-state index contributed by atoms with van der Waals surface area (Å²) in [5.74, 6) is 2.53. The molecule has 0 spiro atoms. The standard InChI is InChI=1S/C19H20N4O3/c1-25-15-7-9-16(10-8-15)26-13-18(24)20-12-11-17-21-19(23-22-17)14-5-3-2-4-6-14/h2-10H,11-13H2,1H3,(H,20,24)(H,21,22,23). The van der Waals surface area contributed by atoms with Gasteiger partial charge in [-0.15, -0.1) is 0 Å². The number of hydrogen-bond acceptors (Lipinski definition) is 5. The fourth-order valence-electron chi connectivity index (χ4n) is 2.32. The normalized spacial score (nSPS) is 10.3. The van der Waals surface area contributed by atoms with Gasteiger partial charge in [0.2, 0.25) is 0 Å². The zero-order chi connectivity index (χ0) is 18.2. The van der Waals surface area contributed by atoms with Crippen molar-refractivity contribution in [3.8, 4) is 22.9 Å². The third-order valence-electron chi connectivity index (χ3n) is 3.68. The monoisotopic (exact) mass is 352 g/mol. The van der Waals surface area contributed by atoms with Gasteiger partial charge in [-0.1, -0.05) is 30.3 Å². The predicted octanol–water partition coefficient (Wildman–Crippen LogP) is 2.22. The van der Waals surface area contributed by atoms with Crippen LogP contribution in [0.2, 0.25) is 0 Å². The van der Waals surface area contributed by atoms with Crippen molar-refractivity contribution in [2.45, 2.75) is 6.42 Å². The Kier molecular flexibility index (Phi) is 5.82. The summed E-state index contributed by atoms with van der Waals surface area (Å²) in [5.41, 5.74) is 0.951. The Balaban J connectivity index is 1.40. The molecule has 0 saturated carbocycles. The van der Waals surface area contributed by atoms with E-state index in [1.165, 1.54) is 0 Å². The first-order chi connectivity index (χ1) is 12.7. The molecule has 1 heterocycles. The SMILES string of the molecule is COc1ccc(OCC(=O)NCCc2nc(-c3ccccc3)n[nH]2)cc1. The first kappa shape index (κ1) is 17.5. The lowest BCUT2D eigenvalue weighted by Crippen LogP contribution is -2.30. The Morgan fingerprint density at radius 2 is 1.81 bits per heavy atom. The zero-order valence-corrected chi connectivity index (χ0v) is 14.4. The minimum absolute atomic E-state index is 0.0437. The molecule has 3 rings (SSSR count). The molecule has 2 N–H and O–H groups in total. The Bertz CT molecular complexity index is 832. The molecule has 0 aliphatic heterocycles. The lowest BCUT2D eigenvalue weighted by molar-refractivity contribution is -0.123. The van der Waals surface area contributed by atoms with E-state index in [9.17, 15) is 4.79 Å². The van der Waals surface area contributed by atoms with Crippen LogP contribution in [0.1, 0.15) is 5.82 Å². The first-order valence-electron chi connectivity index (χ1n) is 8.25. The Morgan fingerprint density at radius 3 is 2.54 bits per heavy atom. The molecule has 0 fully saturated rings. The van der Waals surface area contributed by atoms with Crippen LogP contribution < -0.4 is 14.8 Å². The third-order valence-corrected chi connectivity index (χ3v) is 3.68. The third kappa shape index (κ3) is 4.83. The number of methoxy groups -OCH3 is 1. The second kappa shape index (κ2) is 8.66. The van der Waals surface area contributed by atoms with Crippen LogP contribution in [0.4, 0.5) is 0 Å². The number of nitrogens with zero attached hydrogens (tertiary/aromatic N) is 2. The quantitative estimate of drug-likeness (QED) is 0.649. The lowest BCUT2D eigenvalue weighted by atomic mass is 10.2. The summed E-state index contributed by atoms with van der Waals surface area (Å²) in [6.07, 6.45) is 0.564. The highest BCUT2D eigenvalue weighted by Crippen LogP contribution is 2.16. The van der Waals surface area contributed by atoms with Crippen LogP contribution in [0, 0.1) is 0 Å². The van der Waals surface area contributed by atoms with Crippen LogP contribution in [0.25, 0.3) is 11.4 Å². The second-order valence-corrected chi connectivity index (χ2v) is 5.54. The van der Waals surface area contributed by atoms with Gasteiger partial charge in [-0.2, -0.15) is 5.10 Å². The van der Waals surface area contributed by atoms with Crippen LogP contribution in [-0.2, 0) is 11.2 Å². The van der Waals surface area contributed by atoms with E-state index in [1.54, 1.807) is 31.4 Å². The summed E-state index contributed by atoms with van der Waals surface area (Å²) < 4.78 is 10.5. The molecule has 1 amide bonds. The molecular formula is C19H20N4O3. The van der Waals surface area contributed by atoms with E-state index in [-0.39, 0.29) is 12.5 Å². The number of carbonyl (C=O) groups excluding carboxylic acids is 1. The highest BCUT2D eigenvalue weighted by Gasteiger charge is 2.07. The van der Waals surface area contributed by atoms with Gasteiger partial charge in [-0.05, 0) is 24.3 Å². The van der Waals surface area contributed by atoms with Crippen molar-refractivity contribution in [1.29, 1.82) is 0 Å². The largest absolute Gasteiger partial charge is 0.497 e. The smallest absolute Gasteiger partial charge is 0.257 e. The van der Waals surface area contributed by atoms with Gasteiger partial charge in [0.15, 0.2) is 12.4 Å². The van der Waals surface area contributed by atoms with Crippen molar-refractivity contribution in [3.05, 3.63) is 60.4 Å². The maximum Gasteiger partial charge on any atom is 0.257 e. The topological polar surface area (TPSA) is 89.1 Å². The van der Waals surface area contributed by atoms with Crippen LogP contribution in [0.15, 0.2) is 54.6 Å². The lowest BCUT2D eigenvalue weighted by Gasteiger charge is -2.07. The van der Waals surface area contributed by atoms with E-state index in [2.05, 4.69) is 20.5 Å². The molecule has 26 heavy (non-hydrogen) atoms. The number of nitrogens with one attached hydrogen (secondary N) is 2. The molecular weight excluding hydrogens is 332 g/mol. The van der Waals surface area contributed by atoms with E-state index in [4.69, 9.17) is 9.47 Å². The summed E-state index contributed by atoms with van der Waals surface area (Å²) in [6.45, 7) is 0.409. The van der Waals surface area contributed by atoms with E-state index >= 15 is 0 Å². The number of ether oxygens (including phenoxy) is 2. The summed E-state index contributed by atoms with van der Waals surface area (Å²) >= 11 is 0. The molecule has 0 saturated heterocycles. The molecule has 7 heteroatoms. The Morgan fingerprint density at radius 1 is 1.08 bits per heavy atom. The van der Waals surface area contributed by atoms with Gasteiger partial charge in [0.25, 0.3) is 5.91 Å². The van der Waals surface area contributed by atoms with Crippen molar-refractivity contribution >= 4 is 5.91 Å². The van der Waals surface area contributed by atoms with E-state index in [0.717, 1.165) is 17.1 Å². The second-order valence-electron chi connectivity index (χ2n) is 5.54. The Hall–Kier alpha value is -3.35. The molecule has 0 unspecified atom stereocenters. The number of aromatic amines is 1. The van der Waals surface area contributed by atoms with Crippen LogP contribution in [-0.4, -0.2) is 41.3 Å². The zero-order valence-electron chi connectivity index (χ0n) is 14.4. The number of aromatic nitrogens is 3. The summed E-state index contributed by atoms with van der Waals surface area (Å²) in [7, 11) is 1.60. The molecule has 134 valence electrons. The van der Waals surface area contributed by atoms with Gasteiger partial charge in [-0.3, -0.25) is 9.89 Å². The number of rotatable bonds is 8. The van der Waals surface area contributed by atoms with Gasteiger partial charge in [-0.25, -0.2) is 4.98 Å². The number of benzene rings is 2. The average Bonchev–Trinajstić information content (AvgIpc) is 3.16. The average molecular weight is 352 g/mol. The van der Waals surface area contributed by atoms with Crippen molar-refractivity contribution in [1.82, 2.24) is 20.5 Å².